The lowest BCUT2D eigenvalue weighted by Crippen LogP contribution is -2.28. The quantitative estimate of drug-likeness (QED) is 0.520. The van der Waals surface area contributed by atoms with E-state index in [0.29, 0.717) is 0 Å². The van der Waals surface area contributed by atoms with E-state index in [1.165, 1.54) is 19.3 Å². The fraction of sp³-hybridized carbons (Fsp3) is 0.750. The minimum atomic E-state index is -1.79. The van der Waals surface area contributed by atoms with E-state index in [4.69, 9.17) is 4.52 Å². The SMILES string of the molecule is [O-][PH+]1C=CC2(CCCCC2)O1. The zero-order valence-electron chi connectivity index (χ0n) is 6.51. The molecule has 1 unspecified atom stereocenters. The highest BCUT2D eigenvalue weighted by Gasteiger charge is 2.38. The lowest BCUT2D eigenvalue weighted by atomic mass is 9.85. The molecule has 0 amide bonds. The van der Waals surface area contributed by atoms with Crippen LogP contribution in [0.3, 0.4) is 0 Å². The zero-order valence-corrected chi connectivity index (χ0v) is 7.51. The number of hydrogen-bond donors (Lipinski definition) is 0. The minimum Gasteiger partial charge on any atom is -0.654 e. The van der Waals surface area contributed by atoms with Crippen LogP contribution in [0.2, 0.25) is 0 Å². The highest BCUT2D eigenvalue weighted by Crippen LogP contribution is 2.48. The van der Waals surface area contributed by atoms with Gasteiger partial charge in [0, 0.05) is 0 Å². The molecule has 0 saturated heterocycles. The Morgan fingerprint density at radius 3 is 2.55 bits per heavy atom. The van der Waals surface area contributed by atoms with Crippen molar-refractivity contribution in [3.8, 4) is 0 Å². The van der Waals surface area contributed by atoms with Gasteiger partial charge in [-0.15, -0.1) is 0 Å². The first kappa shape index (κ1) is 7.72. The minimum absolute atomic E-state index is 0.103. The summed E-state index contributed by atoms with van der Waals surface area (Å²) in [5, 5.41) is 0. The average Bonchev–Trinajstić information content (AvgIpc) is 2.34. The molecular weight excluding hydrogens is 159 g/mol. The Kier molecular flexibility index (Phi) is 2.00. The van der Waals surface area contributed by atoms with Crippen LogP contribution in [-0.4, -0.2) is 5.60 Å². The van der Waals surface area contributed by atoms with Gasteiger partial charge in [-0.2, -0.15) is 0 Å². The summed E-state index contributed by atoms with van der Waals surface area (Å²) in [5.74, 6) is 1.75. The van der Waals surface area contributed by atoms with Crippen LogP contribution >= 0.6 is 8.38 Å². The lowest BCUT2D eigenvalue weighted by molar-refractivity contribution is -0.183. The van der Waals surface area contributed by atoms with E-state index >= 15 is 0 Å². The van der Waals surface area contributed by atoms with Gasteiger partial charge in [0.2, 0.25) is 0 Å². The van der Waals surface area contributed by atoms with Crippen LogP contribution in [0, 0.1) is 0 Å². The standard InChI is InChI=1S/C8H13O2P/c9-11-7-6-8(10-11)4-2-1-3-5-8/h6-7,11H,1-5H2. The highest BCUT2D eigenvalue weighted by atomic mass is 31.2. The highest BCUT2D eigenvalue weighted by molar-refractivity contribution is 7.48. The van der Waals surface area contributed by atoms with Crippen molar-refractivity contribution < 1.29 is 9.42 Å². The first-order valence-corrected chi connectivity index (χ1v) is 5.62. The normalized spacial score (nSPS) is 34.8. The first-order valence-electron chi connectivity index (χ1n) is 4.23. The number of rotatable bonds is 0. The Morgan fingerprint density at radius 1 is 1.27 bits per heavy atom. The molecule has 1 fully saturated rings. The molecule has 0 N–H and O–H groups in total. The van der Waals surface area contributed by atoms with Crippen LogP contribution in [0.5, 0.6) is 0 Å². The Balaban J connectivity index is 2.05. The second-order valence-corrected chi connectivity index (χ2v) is 4.56. The summed E-state index contributed by atoms with van der Waals surface area (Å²) in [6.45, 7) is 0. The Morgan fingerprint density at radius 2 is 2.00 bits per heavy atom. The molecule has 3 heteroatoms. The van der Waals surface area contributed by atoms with Crippen molar-refractivity contribution in [3.05, 3.63) is 11.9 Å². The predicted octanol–water partition coefficient (Wildman–Crippen LogP) is 1.64. The van der Waals surface area contributed by atoms with E-state index < -0.39 is 8.38 Å². The summed E-state index contributed by atoms with van der Waals surface area (Å²) in [7, 11) is -1.79. The van der Waals surface area contributed by atoms with Crippen molar-refractivity contribution in [1.29, 1.82) is 0 Å². The number of hydrogen-bond acceptors (Lipinski definition) is 2. The molecule has 2 aliphatic rings. The second-order valence-electron chi connectivity index (χ2n) is 3.38. The lowest BCUT2D eigenvalue weighted by Gasteiger charge is -2.29. The Hall–Kier alpha value is 0.0900. The third kappa shape index (κ3) is 1.48. The van der Waals surface area contributed by atoms with Crippen molar-refractivity contribution in [1.82, 2.24) is 0 Å². The smallest absolute Gasteiger partial charge is 0.133 e. The van der Waals surface area contributed by atoms with Crippen LogP contribution in [0.1, 0.15) is 32.1 Å². The summed E-state index contributed by atoms with van der Waals surface area (Å²) in [4.78, 5) is 11.0. The maximum atomic E-state index is 11.0. The largest absolute Gasteiger partial charge is 0.654 e. The van der Waals surface area contributed by atoms with Crippen molar-refractivity contribution in [2.24, 2.45) is 0 Å². The fourth-order valence-corrected chi connectivity index (χ4v) is 3.09. The molecule has 0 aromatic heterocycles. The molecule has 1 spiro atoms. The van der Waals surface area contributed by atoms with E-state index in [9.17, 15) is 4.89 Å². The van der Waals surface area contributed by atoms with E-state index in [0.717, 1.165) is 12.8 Å². The Bertz CT molecular complexity index is 173. The van der Waals surface area contributed by atoms with Gasteiger partial charge in [-0.25, -0.2) is 4.52 Å². The Labute approximate surface area is 68.2 Å². The maximum Gasteiger partial charge on any atom is 0.133 e. The molecule has 1 atom stereocenters. The van der Waals surface area contributed by atoms with Crippen LogP contribution in [0.15, 0.2) is 11.9 Å². The van der Waals surface area contributed by atoms with E-state index in [1.54, 1.807) is 5.82 Å². The van der Waals surface area contributed by atoms with Crippen LogP contribution < -0.4 is 4.89 Å². The monoisotopic (exact) mass is 172 g/mol. The fourth-order valence-electron chi connectivity index (χ4n) is 1.91. The van der Waals surface area contributed by atoms with Gasteiger partial charge in [-0.05, 0) is 18.9 Å². The summed E-state index contributed by atoms with van der Waals surface area (Å²) >= 11 is 0. The molecule has 2 rings (SSSR count). The van der Waals surface area contributed by atoms with E-state index in [-0.39, 0.29) is 5.60 Å². The molecule has 0 radical (unpaired) electrons. The molecule has 62 valence electrons. The second kappa shape index (κ2) is 2.85. The molecule has 1 aliphatic heterocycles. The summed E-state index contributed by atoms with van der Waals surface area (Å²) in [5.41, 5.74) is -0.103. The third-order valence-electron chi connectivity index (χ3n) is 2.53. The van der Waals surface area contributed by atoms with Gasteiger partial charge >= 0.3 is 0 Å². The average molecular weight is 172 g/mol. The topological polar surface area (TPSA) is 32.3 Å². The molecule has 1 aliphatic carbocycles. The van der Waals surface area contributed by atoms with Gasteiger partial charge in [0.1, 0.15) is 14.0 Å². The molecule has 2 nitrogen and oxygen atoms in total. The summed E-state index contributed by atoms with van der Waals surface area (Å²) < 4.78 is 5.42. The predicted molar refractivity (Wildman–Crippen MR) is 44.4 cm³/mol. The van der Waals surface area contributed by atoms with Gasteiger partial charge in [-0.3, -0.25) is 0 Å². The molecular formula is C8H13O2P. The van der Waals surface area contributed by atoms with Crippen LogP contribution in [-0.2, 0) is 4.52 Å². The molecule has 1 saturated carbocycles. The molecule has 11 heavy (non-hydrogen) atoms. The van der Waals surface area contributed by atoms with Gasteiger partial charge in [0.25, 0.3) is 0 Å². The zero-order chi connectivity index (χ0) is 7.73. The molecule has 0 aromatic rings. The summed E-state index contributed by atoms with van der Waals surface area (Å²) in [6.07, 6.45) is 7.91. The van der Waals surface area contributed by atoms with Crippen molar-refractivity contribution in [2.75, 3.05) is 0 Å². The third-order valence-corrected chi connectivity index (χ3v) is 3.57. The molecule has 0 aromatic carbocycles. The van der Waals surface area contributed by atoms with Crippen LogP contribution in [0.4, 0.5) is 0 Å². The van der Waals surface area contributed by atoms with Crippen molar-refractivity contribution >= 4 is 8.38 Å². The first-order chi connectivity index (χ1) is 5.31. The summed E-state index contributed by atoms with van der Waals surface area (Å²) in [6, 6.07) is 0. The van der Waals surface area contributed by atoms with E-state index in [2.05, 4.69) is 0 Å². The van der Waals surface area contributed by atoms with E-state index in [1.807, 2.05) is 6.08 Å². The van der Waals surface area contributed by atoms with Crippen molar-refractivity contribution in [3.63, 3.8) is 0 Å². The van der Waals surface area contributed by atoms with Gasteiger partial charge < -0.3 is 4.89 Å². The van der Waals surface area contributed by atoms with Crippen LogP contribution in [0.25, 0.3) is 0 Å². The van der Waals surface area contributed by atoms with Gasteiger partial charge in [0.05, 0.1) is 5.82 Å². The maximum absolute atomic E-state index is 11.0. The molecule has 0 bridgehead atoms. The van der Waals surface area contributed by atoms with Gasteiger partial charge in [-0.1, -0.05) is 19.3 Å². The molecule has 1 heterocycles. The van der Waals surface area contributed by atoms with Gasteiger partial charge in [0.15, 0.2) is 0 Å². The van der Waals surface area contributed by atoms with Crippen molar-refractivity contribution in [2.45, 2.75) is 37.7 Å².